The first kappa shape index (κ1) is 19.7. The minimum Gasteiger partial charge on any atom is -0.395 e. The SMILES string of the molecule is Cc1cc(C(CO)c2ccccn2)cc2cn(COCC[Si](C)(C)C)nc12. The molecule has 5 nitrogen and oxygen atoms in total. The number of pyridine rings is 1. The summed E-state index contributed by atoms with van der Waals surface area (Å²) in [5.74, 6) is -0.134. The molecule has 0 fully saturated rings. The highest BCUT2D eigenvalue weighted by atomic mass is 28.3. The number of aryl methyl sites for hydroxylation is 1. The molecule has 27 heavy (non-hydrogen) atoms. The number of nitrogens with zero attached hydrogens (tertiary/aromatic N) is 3. The zero-order chi connectivity index (χ0) is 19.4. The fourth-order valence-corrected chi connectivity index (χ4v) is 3.90. The van der Waals surface area contributed by atoms with Crippen LogP contribution in [0.3, 0.4) is 0 Å². The molecule has 144 valence electrons. The number of hydrogen-bond donors (Lipinski definition) is 1. The Morgan fingerprint density at radius 2 is 2.04 bits per heavy atom. The van der Waals surface area contributed by atoms with Crippen LogP contribution in [-0.2, 0) is 11.5 Å². The number of rotatable bonds is 8. The number of aliphatic hydroxyl groups excluding tert-OH is 1. The minimum absolute atomic E-state index is 0.0237. The summed E-state index contributed by atoms with van der Waals surface area (Å²) >= 11 is 0. The first-order valence-electron chi connectivity index (χ1n) is 9.44. The van der Waals surface area contributed by atoms with Gasteiger partial charge >= 0.3 is 0 Å². The van der Waals surface area contributed by atoms with Gasteiger partial charge in [0.05, 0.1) is 17.8 Å². The molecule has 3 rings (SSSR count). The van der Waals surface area contributed by atoms with Crippen LogP contribution in [0.4, 0.5) is 0 Å². The molecule has 0 saturated carbocycles. The lowest BCUT2D eigenvalue weighted by atomic mass is 9.93. The molecule has 2 aromatic heterocycles. The Kier molecular flexibility index (Phi) is 6.09. The zero-order valence-corrected chi connectivity index (χ0v) is 17.6. The highest BCUT2D eigenvalue weighted by Gasteiger charge is 2.17. The van der Waals surface area contributed by atoms with Gasteiger partial charge in [-0.2, -0.15) is 5.10 Å². The summed E-state index contributed by atoms with van der Waals surface area (Å²) in [4.78, 5) is 4.41. The van der Waals surface area contributed by atoms with E-state index < -0.39 is 8.07 Å². The first-order chi connectivity index (χ1) is 12.9. The maximum atomic E-state index is 9.93. The molecule has 0 aliphatic rings. The van der Waals surface area contributed by atoms with Gasteiger partial charge in [-0.25, -0.2) is 4.68 Å². The number of aliphatic hydroxyl groups is 1. The summed E-state index contributed by atoms with van der Waals surface area (Å²) in [7, 11) is -1.08. The van der Waals surface area contributed by atoms with Crippen molar-refractivity contribution in [2.45, 2.75) is 45.3 Å². The van der Waals surface area contributed by atoms with E-state index in [0.717, 1.165) is 40.4 Å². The lowest BCUT2D eigenvalue weighted by Gasteiger charge is -2.15. The summed E-state index contributed by atoms with van der Waals surface area (Å²) in [6.45, 7) is 10.4. The predicted molar refractivity (Wildman–Crippen MR) is 112 cm³/mol. The van der Waals surface area contributed by atoms with Crippen LogP contribution >= 0.6 is 0 Å². The zero-order valence-electron chi connectivity index (χ0n) is 16.6. The summed E-state index contributed by atoms with van der Waals surface area (Å²) in [6, 6.07) is 11.1. The van der Waals surface area contributed by atoms with E-state index >= 15 is 0 Å². The smallest absolute Gasteiger partial charge is 0.139 e. The van der Waals surface area contributed by atoms with Crippen molar-refractivity contribution in [1.29, 1.82) is 0 Å². The molecule has 1 N–H and O–H groups in total. The van der Waals surface area contributed by atoms with Crippen molar-refractivity contribution in [1.82, 2.24) is 14.8 Å². The highest BCUT2D eigenvalue weighted by molar-refractivity contribution is 6.76. The molecule has 1 aromatic carbocycles. The van der Waals surface area contributed by atoms with Gasteiger partial charge in [0.2, 0.25) is 0 Å². The average Bonchev–Trinajstić information content (AvgIpc) is 3.03. The Morgan fingerprint density at radius 3 is 2.70 bits per heavy atom. The molecule has 0 radical (unpaired) electrons. The Balaban J connectivity index is 1.80. The van der Waals surface area contributed by atoms with Gasteiger partial charge in [0.1, 0.15) is 6.73 Å². The van der Waals surface area contributed by atoms with Crippen LogP contribution in [-0.4, -0.2) is 41.2 Å². The van der Waals surface area contributed by atoms with Crippen molar-refractivity contribution in [3.8, 4) is 0 Å². The maximum absolute atomic E-state index is 9.93. The molecule has 2 heterocycles. The van der Waals surface area contributed by atoms with Crippen molar-refractivity contribution < 1.29 is 9.84 Å². The molecule has 0 saturated heterocycles. The predicted octanol–water partition coefficient (Wildman–Crippen LogP) is 4.18. The van der Waals surface area contributed by atoms with Crippen LogP contribution in [0.5, 0.6) is 0 Å². The van der Waals surface area contributed by atoms with E-state index in [1.165, 1.54) is 0 Å². The lowest BCUT2D eigenvalue weighted by molar-refractivity contribution is 0.0791. The van der Waals surface area contributed by atoms with Crippen LogP contribution in [0, 0.1) is 6.92 Å². The van der Waals surface area contributed by atoms with Crippen molar-refractivity contribution >= 4 is 19.0 Å². The molecule has 6 heteroatoms. The first-order valence-corrected chi connectivity index (χ1v) is 13.2. The van der Waals surface area contributed by atoms with E-state index in [1.807, 2.05) is 29.1 Å². The molecular formula is C21H29N3O2Si. The second-order valence-electron chi connectivity index (χ2n) is 8.28. The number of ether oxygens (including phenoxy) is 1. The highest BCUT2D eigenvalue weighted by Crippen LogP contribution is 2.28. The number of fused-ring (bicyclic) bond motifs is 1. The standard InChI is InChI=1S/C21H29N3O2Si/c1-16-11-17(19(14-25)20-7-5-6-8-22-20)12-18-13-24(23-21(16)18)15-26-9-10-27(2,3)4/h5-8,11-13,19,25H,9-10,14-15H2,1-4H3. The second-order valence-corrected chi connectivity index (χ2v) is 13.9. The Labute approximate surface area is 162 Å². The monoisotopic (exact) mass is 383 g/mol. The molecule has 3 aromatic rings. The minimum atomic E-state index is -1.08. The quantitative estimate of drug-likeness (QED) is 0.468. The molecule has 0 aliphatic heterocycles. The summed E-state index contributed by atoms with van der Waals surface area (Å²) < 4.78 is 7.68. The van der Waals surface area contributed by atoms with Gasteiger partial charge in [-0.05, 0) is 42.3 Å². The Morgan fingerprint density at radius 1 is 1.22 bits per heavy atom. The molecule has 0 amide bonds. The molecular weight excluding hydrogens is 354 g/mol. The summed E-state index contributed by atoms with van der Waals surface area (Å²) in [5, 5.41) is 15.7. The molecule has 1 unspecified atom stereocenters. The maximum Gasteiger partial charge on any atom is 0.139 e. The van der Waals surface area contributed by atoms with Crippen molar-refractivity contribution in [2.24, 2.45) is 0 Å². The molecule has 0 aliphatic carbocycles. The van der Waals surface area contributed by atoms with Gasteiger partial charge in [-0.15, -0.1) is 0 Å². The van der Waals surface area contributed by atoms with E-state index in [-0.39, 0.29) is 12.5 Å². The lowest BCUT2D eigenvalue weighted by Crippen LogP contribution is -2.22. The fraction of sp³-hybridized carbons (Fsp3) is 0.429. The normalized spacial score (nSPS) is 13.2. The van der Waals surface area contributed by atoms with Crippen LogP contribution in [0.1, 0.15) is 22.7 Å². The van der Waals surface area contributed by atoms with Gasteiger partial charge < -0.3 is 9.84 Å². The van der Waals surface area contributed by atoms with E-state index in [2.05, 4.69) is 48.8 Å². The van der Waals surface area contributed by atoms with Crippen molar-refractivity contribution in [3.63, 3.8) is 0 Å². The average molecular weight is 384 g/mol. The van der Waals surface area contributed by atoms with Crippen LogP contribution < -0.4 is 0 Å². The van der Waals surface area contributed by atoms with Gasteiger partial charge in [0.15, 0.2) is 0 Å². The third kappa shape index (κ3) is 5.03. The van der Waals surface area contributed by atoms with Crippen molar-refractivity contribution in [3.05, 3.63) is 59.5 Å². The van der Waals surface area contributed by atoms with Gasteiger partial charge in [-0.1, -0.05) is 31.8 Å². The number of hydrogen-bond acceptors (Lipinski definition) is 4. The van der Waals surface area contributed by atoms with E-state index in [1.54, 1.807) is 6.20 Å². The second kappa shape index (κ2) is 8.33. The van der Waals surface area contributed by atoms with Crippen LogP contribution in [0.15, 0.2) is 42.7 Å². The number of aromatic nitrogens is 3. The Hall–Kier alpha value is -2.02. The van der Waals surface area contributed by atoms with E-state index in [0.29, 0.717) is 6.73 Å². The van der Waals surface area contributed by atoms with E-state index in [9.17, 15) is 5.11 Å². The van der Waals surface area contributed by atoms with Gasteiger partial charge in [-0.3, -0.25) is 4.98 Å². The topological polar surface area (TPSA) is 60.2 Å². The third-order valence-corrected chi connectivity index (χ3v) is 6.42. The third-order valence-electron chi connectivity index (χ3n) is 4.72. The van der Waals surface area contributed by atoms with Gasteiger partial charge in [0, 0.05) is 38.4 Å². The number of benzene rings is 1. The largest absolute Gasteiger partial charge is 0.395 e. The molecule has 0 spiro atoms. The summed E-state index contributed by atoms with van der Waals surface area (Å²) in [6.07, 6.45) is 3.78. The van der Waals surface area contributed by atoms with E-state index in [4.69, 9.17) is 4.74 Å². The van der Waals surface area contributed by atoms with Gasteiger partial charge in [0.25, 0.3) is 0 Å². The molecule has 0 bridgehead atoms. The fourth-order valence-electron chi connectivity index (χ4n) is 3.14. The van der Waals surface area contributed by atoms with Crippen LogP contribution in [0.25, 0.3) is 10.9 Å². The summed E-state index contributed by atoms with van der Waals surface area (Å²) in [5.41, 5.74) is 4.00. The van der Waals surface area contributed by atoms with Crippen LogP contribution in [0.2, 0.25) is 25.7 Å². The van der Waals surface area contributed by atoms with Crippen molar-refractivity contribution in [2.75, 3.05) is 13.2 Å². The Bertz CT molecular complexity index is 888. The molecule has 1 atom stereocenters.